The summed E-state index contributed by atoms with van der Waals surface area (Å²) in [6.45, 7) is 0. The fourth-order valence-electron chi connectivity index (χ4n) is 1.05. The highest BCUT2D eigenvalue weighted by Crippen LogP contribution is 2.33. The minimum Gasteiger partial charge on any atom is -0.258 e. The summed E-state index contributed by atoms with van der Waals surface area (Å²) in [7, 11) is 0. The molecule has 1 aromatic rings. The molecule has 4 nitrogen and oxygen atoms in total. The number of halogens is 4. The molecule has 0 saturated heterocycles. The third-order valence-electron chi connectivity index (χ3n) is 1.61. The van der Waals surface area contributed by atoms with Gasteiger partial charge in [-0.05, 0) is 6.07 Å². The van der Waals surface area contributed by atoms with E-state index < -0.39 is 22.6 Å². The Bertz CT molecular complexity index is 403. The summed E-state index contributed by atoms with van der Waals surface area (Å²) in [5, 5.41) is 10.4. The lowest BCUT2D eigenvalue weighted by Gasteiger charge is -2.05. The molecule has 0 aliphatic rings. The molecule has 1 aromatic heterocycles. The van der Waals surface area contributed by atoms with Crippen LogP contribution in [0.15, 0.2) is 6.07 Å². The van der Waals surface area contributed by atoms with Gasteiger partial charge in [0.15, 0.2) is 0 Å². The van der Waals surface area contributed by atoms with Gasteiger partial charge in [0.2, 0.25) is 0 Å². The second-order valence-electron chi connectivity index (χ2n) is 2.52. The van der Waals surface area contributed by atoms with Gasteiger partial charge in [-0.2, -0.15) is 0 Å². The molecule has 0 amide bonds. The third kappa shape index (κ3) is 2.60. The number of alkyl halides is 3. The molecule has 0 N–H and O–H groups in total. The van der Waals surface area contributed by atoms with E-state index in [2.05, 4.69) is 20.9 Å². The Morgan fingerprint density at radius 3 is 2.67 bits per heavy atom. The van der Waals surface area contributed by atoms with E-state index >= 15 is 0 Å². The van der Waals surface area contributed by atoms with Gasteiger partial charge in [0.25, 0.3) is 6.43 Å². The lowest BCUT2D eigenvalue weighted by Crippen LogP contribution is -2.02. The molecule has 0 bridgehead atoms. The summed E-state index contributed by atoms with van der Waals surface area (Å²) in [6, 6.07) is 0.802. The van der Waals surface area contributed by atoms with Crippen molar-refractivity contribution in [1.29, 1.82) is 0 Å². The van der Waals surface area contributed by atoms with Crippen LogP contribution in [-0.2, 0) is 5.33 Å². The second kappa shape index (κ2) is 4.80. The van der Waals surface area contributed by atoms with Gasteiger partial charge < -0.3 is 0 Å². The van der Waals surface area contributed by atoms with E-state index in [-0.39, 0.29) is 16.2 Å². The van der Waals surface area contributed by atoms with E-state index in [0.717, 1.165) is 6.07 Å². The fourth-order valence-corrected chi connectivity index (χ4v) is 1.66. The summed E-state index contributed by atoms with van der Waals surface area (Å²) in [4.78, 5) is 13.3. The van der Waals surface area contributed by atoms with Crippen molar-refractivity contribution in [2.24, 2.45) is 0 Å². The molecule has 8 heteroatoms. The number of hydrogen-bond acceptors (Lipinski definition) is 3. The van der Waals surface area contributed by atoms with Crippen LogP contribution < -0.4 is 0 Å². The molecular weight excluding hydrogens is 297 g/mol. The average molecular weight is 301 g/mol. The molecule has 0 spiro atoms. The van der Waals surface area contributed by atoms with Crippen molar-refractivity contribution in [2.45, 2.75) is 11.8 Å². The minimum absolute atomic E-state index is 0.0103. The van der Waals surface area contributed by atoms with Gasteiger partial charge >= 0.3 is 5.69 Å². The van der Waals surface area contributed by atoms with Crippen LogP contribution >= 0.6 is 27.5 Å². The Kier molecular flexibility index (Phi) is 3.92. The Morgan fingerprint density at radius 2 is 2.27 bits per heavy atom. The van der Waals surface area contributed by atoms with Crippen molar-refractivity contribution < 1.29 is 13.7 Å². The average Bonchev–Trinajstić information content (AvgIpc) is 2.15. The highest BCUT2D eigenvalue weighted by Gasteiger charge is 2.27. The van der Waals surface area contributed by atoms with Crippen LogP contribution in [0, 0.1) is 10.1 Å². The van der Waals surface area contributed by atoms with Crippen LogP contribution in [0.1, 0.15) is 17.7 Å². The topological polar surface area (TPSA) is 56.0 Å². The first-order valence-electron chi connectivity index (χ1n) is 3.65. The first-order chi connectivity index (χ1) is 6.97. The summed E-state index contributed by atoms with van der Waals surface area (Å²) in [5.41, 5.74) is -1.51. The number of nitro groups is 1. The van der Waals surface area contributed by atoms with Crippen molar-refractivity contribution in [3.05, 3.63) is 32.6 Å². The predicted molar refractivity (Wildman–Crippen MR) is 53.5 cm³/mol. The maximum atomic E-state index is 12.5. The largest absolute Gasteiger partial charge is 0.300 e. The SMILES string of the molecule is O=[N+]([O-])c1c(C(F)F)cc(Cl)nc1CBr. The molecule has 0 aromatic carbocycles. The number of pyridine rings is 1. The number of rotatable bonds is 3. The third-order valence-corrected chi connectivity index (χ3v) is 2.33. The quantitative estimate of drug-likeness (QED) is 0.372. The molecular formula is C7H4BrClF2N2O2. The van der Waals surface area contributed by atoms with Crippen LogP contribution in [0.25, 0.3) is 0 Å². The Balaban J connectivity index is 3.47. The van der Waals surface area contributed by atoms with E-state index in [0.29, 0.717) is 0 Å². The van der Waals surface area contributed by atoms with Crippen molar-refractivity contribution >= 4 is 33.2 Å². The van der Waals surface area contributed by atoms with E-state index in [9.17, 15) is 18.9 Å². The zero-order valence-electron chi connectivity index (χ0n) is 7.08. The number of aromatic nitrogens is 1. The number of nitrogens with zero attached hydrogens (tertiary/aromatic N) is 2. The molecule has 15 heavy (non-hydrogen) atoms. The standard InChI is InChI=1S/C7H4BrClF2N2O2/c8-2-4-6(13(14)15)3(7(10)11)1-5(9)12-4/h1,7H,2H2. The monoisotopic (exact) mass is 300 g/mol. The summed E-state index contributed by atoms with van der Waals surface area (Å²) in [6.07, 6.45) is -2.95. The van der Waals surface area contributed by atoms with E-state index in [1.54, 1.807) is 0 Å². The zero-order valence-corrected chi connectivity index (χ0v) is 9.43. The smallest absolute Gasteiger partial charge is 0.258 e. The molecule has 0 radical (unpaired) electrons. The lowest BCUT2D eigenvalue weighted by atomic mass is 10.2. The summed E-state index contributed by atoms with van der Waals surface area (Å²) < 4.78 is 25.0. The van der Waals surface area contributed by atoms with Crippen LogP contribution in [0.5, 0.6) is 0 Å². The Hall–Kier alpha value is -0.820. The van der Waals surface area contributed by atoms with Gasteiger partial charge in [-0.3, -0.25) is 10.1 Å². The normalized spacial score (nSPS) is 10.7. The van der Waals surface area contributed by atoms with Gasteiger partial charge in [-0.25, -0.2) is 13.8 Å². The van der Waals surface area contributed by atoms with Crippen molar-refractivity contribution in [2.75, 3.05) is 0 Å². The first-order valence-corrected chi connectivity index (χ1v) is 5.15. The van der Waals surface area contributed by atoms with E-state index in [1.807, 2.05) is 0 Å². The predicted octanol–water partition coefficient (Wildman–Crippen LogP) is 3.48. The van der Waals surface area contributed by atoms with Gasteiger partial charge in [0.1, 0.15) is 16.4 Å². The molecule has 0 aliphatic heterocycles. The number of hydrogen-bond donors (Lipinski definition) is 0. The van der Waals surface area contributed by atoms with Gasteiger partial charge in [0.05, 0.1) is 10.3 Å². The Labute approximate surface area is 96.5 Å². The lowest BCUT2D eigenvalue weighted by molar-refractivity contribution is -0.387. The molecule has 1 heterocycles. The van der Waals surface area contributed by atoms with Gasteiger partial charge in [0, 0.05) is 0 Å². The van der Waals surface area contributed by atoms with Crippen LogP contribution in [-0.4, -0.2) is 9.91 Å². The first kappa shape index (κ1) is 12.3. The highest BCUT2D eigenvalue weighted by molar-refractivity contribution is 9.08. The molecule has 0 saturated carbocycles. The molecule has 0 aliphatic carbocycles. The second-order valence-corrected chi connectivity index (χ2v) is 3.47. The fraction of sp³-hybridized carbons (Fsp3) is 0.286. The van der Waals surface area contributed by atoms with E-state index in [4.69, 9.17) is 11.6 Å². The minimum atomic E-state index is -2.95. The maximum Gasteiger partial charge on any atom is 0.300 e. The highest BCUT2D eigenvalue weighted by atomic mass is 79.9. The van der Waals surface area contributed by atoms with Crippen molar-refractivity contribution in [3.8, 4) is 0 Å². The maximum absolute atomic E-state index is 12.5. The van der Waals surface area contributed by atoms with Crippen molar-refractivity contribution in [1.82, 2.24) is 4.98 Å². The molecule has 82 valence electrons. The van der Waals surface area contributed by atoms with Gasteiger partial charge in [-0.1, -0.05) is 27.5 Å². The van der Waals surface area contributed by atoms with Crippen LogP contribution in [0.2, 0.25) is 5.15 Å². The van der Waals surface area contributed by atoms with Gasteiger partial charge in [-0.15, -0.1) is 0 Å². The van der Waals surface area contributed by atoms with Crippen molar-refractivity contribution in [3.63, 3.8) is 0 Å². The molecule has 0 fully saturated rings. The molecule has 0 atom stereocenters. The Morgan fingerprint density at radius 1 is 1.67 bits per heavy atom. The summed E-state index contributed by atoms with van der Waals surface area (Å²) in [5.74, 6) is 0. The summed E-state index contributed by atoms with van der Waals surface area (Å²) >= 11 is 8.39. The van der Waals surface area contributed by atoms with Crippen LogP contribution in [0.4, 0.5) is 14.5 Å². The van der Waals surface area contributed by atoms with Crippen LogP contribution in [0.3, 0.4) is 0 Å². The zero-order chi connectivity index (χ0) is 11.6. The van der Waals surface area contributed by atoms with E-state index in [1.165, 1.54) is 0 Å². The molecule has 1 rings (SSSR count). The molecule has 0 unspecified atom stereocenters.